The second kappa shape index (κ2) is 13.7. The van der Waals surface area contributed by atoms with Crippen molar-refractivity contribution in [2.45, 2.75) is 79.1 Å². The van der Waals surface area contributed by atoms with E-state index in [4.69, 9.17) is 11.8 Å². The Labute approximate surface area is 146 Å². The largest absolute Gasteiger partial charge is 0.350 e. The maximum atomic E-state index is 10.5. The van der Waals surface area contributed by atoms with Gasteiger partial charge in [-0.3, -0.25) is 0 Å². The summed E-state index contributed by atoms with van der Waals surface area (Å²) in [6, 6.07) is 0. The van der Waals surface area contributed by atoms with Gasteiger partial charge in [0.2, 0.25) is 0 Å². The van der Waals surface area contributed by atoms with Crippen molar-refractivity contribution in [3.05, 3.63) is 0 Å². The highest BCUT2D eigenvalue weighted by atomic mass is 33.2. The Bertz CT molecular complexity index is 263. The highest BCUT2D eigenvalue weighted by Gasteiger charge is 2.19. The van der Waals surface area contributed by atoms with Gasteiger partial charge in [0.25, 0.3) is 0 Å². The zero-order chi connectivity index (χ0) is 16.1. The van der Waals surface area contributed by atoms with Crippen molar-refractivity contribution in [3.8, 4) is 0 Å². The third-order valence-electron chi connectivity index (χ3n) is 4.03. The molecule has 1 N–H and O–H groups in total. The van der Waals surface area contributed by atoms with Gasteiger partial charge in [-0.2, -0.15) is 0 Å². The molecule has 0 rings (SSSR count). The van der Waals surface area contributed by atoms with E-state index in [1.807, 2.05) is 0 Å². The molecule has 21 heavy (non-hydrogen) atoms. The van der Waals surface area contributed by atoms with Crippen molar-refractivity contribution >= 4 is 39.2 Å². The molecular formula is C16H35OPS3. The number of hydrogen-bond acceptors (Lipinski definition) is 3. The van der Waals surface area contributed by atoms with E-state index >= 15 is 0 Å². The molecule has 0 fully saturated rings. The third-order valence-corrected chi connectivity index (χ3v) is 12.6. The first-order chi connectivity index (χ1) is 9.99. The maximum absolute atomic E-state index is 10.5. The Kier molecular flexibility index (Phi) is 14.6. The SMILES string of the molecule is CCCCC(CC)CSP(O)(=S)SCC(CC)CCCC. The van der Waals surface area contributed by atoms with E-state index in [1.54, 1.807) is 22.8 Å². The van der Waals surface area contributed by atoms with E-state index < -0.39 is 4.67 Å². The van der Waals surface area contributed by atoms with Crippen LogP contribution in [0.4, 0.5) is 0 Å². The predicted octanol–water partition coefficient (Wildman–Crippen LogP) is 7.10. The summed E-state index contributed by atoms with van der Waals surface area (Å²) in [5, 5.41) is 0. The Morgan fingerprint density at radius 1 is 0.857 bits per heavy atom. The average Bonchev–Trinajstić information content (AvgIpc) is 2.47. The van der Waals surface area contributed by atoms with E-state index in [-0.39, 0.29) is 0 Å². The molecule has 0 radical (unpaired) electrons. The molecule has 2 atom stereocenters. The quantitative estimate of drug-likeness (QED) is 0.329. The molecule has 5 heteroatoms. The van der Waals surface area contributed by atoms with Gasteiger partial charge in [-0.25, -0.2) is 0 Å². The number of hydrogen-bond donors (Lipinski definition) is 1. The molecule has 0 aliphatic carbocycles. The molecule has 0 amide bonds. The van der Waals surface area contributed by atoms with Crippen LogP contribution in [0.2, 0.25) is 0 Å². The van der Waals surface area contributed by atoms with E-state index in [0.29, 0.717) is 0 Å². The third kappa shape index (κ3) is 12.4. The summed E-state index contributed by atoms with van der Waals surface area (Å²) in [6.45, 7) is 9.00. The molecule has 0 bridgehead atoms. The molecule has 0 aliphatic heterocycles. The standard InChI is InChI=1S/C16H35OPS3/c1-5-9-11-15(7-3)13-20-18(17,19)21-14-16(8-4)12-10-6-2/h15-16H,5-14H2,1-4H3,(H,17,19). The summed E-state index contributed by atoms with van der Waals surface area (Å²) < 4.78 is -2.22. The van der Waals surface area contributed by atoms with E-state index in [1.165, 1.54) is 51.4 Å². The van der Waals surface area contributed by atoms with Gasteiger partial charge in [0.05, 0.1) is 0 Å². The molecule has 0 saturated carbocycles. The summed E-state index contributed by atoms with van der Waals surface area (Å²) in [4.78, 5) is 10.5. The molecule has 1 nitrogen and oxygen atoms in total. The lowest BCUT2D eigenvalue weighted by Crippen LogP contribution is -2.03. The van der Waals surface area contributed by atoms with Gasteiger partial charge in [-0.1, -0.05) is 89.0 Å². The summed E-state index contributed by atoms with van der Waals surface area (Å²) in [6.07, 6.45) is 10.1. The van der Waals surface area contributed by atoms with Crippen LogP contribution in [-0.2, 0) is 11.8 Å². The maximum Gasteiger partial charge on any atom is 0.172 e. The predicted molar refractivity (Wildman–Crippen MR) is 108 cm³/mol. The molecule has 0 spiro atoms. The lowest BCUT2D eigenvalue weighted by atomic mass is 10.0. The second-order valence-corrected chi connectivity index (χ2v) is 16.4. The van der Waals surface area contributed by atoms with Gasteiger partial charge >= 0.3 is 0 Å². The second-order valence-electron chi connectivity index (χ2n) is 5.89. The highest BCUT2D eigenvalue weighted by molar-refractivity contribution is 8.98. The Hall–Kier alpha value is 1.31. The average molecular weight is 371 g/mol. The van der Waals surface area contributed by atoms with Gasteiger partial charge in [-0.05, 0) is 36.5 Å². The first-order valence-corrected chi connectivity index (χ1v) is 14.5. The van der Waals surface area contributed by atoms with Crippen LogP contribution in [0, 0.1) is 11.8 Å². The van der Waals surface area contributed by atoms with E-state index in [0.717, 1.165) is 23.3 Å². The van der Waals surface area contributed by atoms with Gasteiger partial charge < -0.3 is 4.89 Å². The number of rotatable bonds is 14. The van der Waals surface area contributed by atoms with Crippen molar-refractivity contribution in [1.82, 2.24) is 0 Å². The molecule has 0 aromatic carbocycles. The van der Waals surface area contributed by atoms with Crippen LogP contribution in [0.25, 0.3) is 0 Å². The normalized spacial score (nSPS) is 17.4. The Balaban J connectivity index is 4.08. The van der Waals surface area contributed by atoms with Crippen LogP contribution in [0.15, 0.2) is 0 Å². The fraction of sp³-hybridized carbons (Fsp3) is 1.00. The highest BCUT2D eigenvalue weighted by Crippen LogP contribution is 2.67. The van der Waals surface area contributed by atoms with Crippen LogP contribution in [0.1, 0.15) is 79.1 Å². The first kappa shape index (κ1) is 22.3. The molecule has 0 aromatic rings. The summed E-state index contributed by atoms with van der Waals surface area (Å²) >= 11 is 8.86. The Morgan fingerprint density at radius 3 is 1.52 bits per heavy atom. The van der Waals surface area contributed by atoms with Crippen molar-refractivity contribution < 1.29 is 4.89 Å². The van der Waals surface area contributed by atoms with Crippen LogP contribution in [-0.4, -0.2) is 16.4 Å². The first-order valence-electron chi connectivity index (χ1n) is 8.60. The fourth-order valence-corrected chi connectivity index (χ4v) is 9.39. The molecule has 0 aromatic heterocycles. The minimum Gasteiger partial charge on any atom is -0.350 e. The zero-order valence-electron chi connectivity index (χ0n) is 14.3. The molecular weight excluding hydrogens is 335 g/mol. The molecule has 2 unspecified atom stereocenters. The summed E-state index contributed by atoms with van der Waals surface area (Å²) in [5.74, 6) is 3.55. The van der Waals surface area contributed by atoms with Crippen LogP contribution < -0.4 is 0 Å². The lowest BCUT2D eigenvalue weighted by Gasteiger charge is -2.21. The van der Waals surface area contributed by atoms with Crippen molar-refractivity contribution in [1.29, 1.82) is 0 Å². The van der Waals surface area contributed by atoms with E-state index in [9.17, 15) is 4.89 Å². The molecule has 0 saturated heterocycles. The zero-order valence-corrected chi connectivity index (χ0v) is 17.7. The van der Waals surface area contributed by atoms with Crippen LogP contribution in [0.3, 0.4) is 0 Å². The van der Waals surface area contributed by atoms with Crippen molar-refractivity contribution in [3.63, 3.8) is 0 Å². The van der Waals surface area contributed by atoms with Crippen LogP contribution >= 0.6 is 27.4 Å². The number of unbranched alkanes of at least 4 members (excludes halogenated alkanes) is 2. The van der Waals surface area contributed by atoms with Crippen molar-refractivity contribution in [2.24, 2.45) is 11.8 Å². The molecule has 0 heterocycles. The van der Waals surface area contributed by atoms with Gasteiger partial charge in [-0.15, -0.1) is 0 Å². The van der Waals surface area contributed by atoms with Crippen LogP contribution in [0.5, 0.6) is 0 Å². The van der Waals surface area contributed by atoms with Gasteiger partial charge in [0.15, 0.2) is 4.67 Å². The summed E-state index contributed by atoms with van der Waals surface area (Å²) in [7, 11) is 0. The van der Waals surface area contributed by atoms with Gasteiger partial charge in [0.1, 0.15) is 0 Å². The minimum atomic E-state index is -2.22. The minimum absolute atomic E-state index is 0.729. The summed E-state index contributed by atoms with van der Waals surface area (Å²) in [5.41, 5.74) is 0. The topological polar surface area (TPSA) is 20.2 Å². The van der Waals surface area contributed by atoms with Gasteiger partial charge in [0, 0.05) is 11.5 Å². The van der Waals surface area contributed by atoms with Crippen molar-refractivity contribution in [2.75, 3.05) is 11.5 Å². The lowest BCUT2D eigenvalue weighted by molar-refractivity contribution is 0.499. The molecule has 0 aliphatic rings. The monoisotopic (exact) mass is 370 g/mol. The Morgan fingerprint density at radius 2 is 1.24 bits per heavy atom. The molecule has 128 valence electrons. The fourth-order valence-electron chi connectivity index (χ4n) is 2.23. The van der Waals surface area contributed by atoms with E-state index in [2.05, 4.69) is 27.7 Å². The smallest absolute Gasteiger partial charge is 0.172 e.